The van der Waals surface area contributed by atoms with Gasteiger partial charge in [0.2, 0.25) is 0 Å². The van der Waals surface area contributed by atoms with Gasteiger partial charge in [-0.3, -0.25) is 4.79 Å². The van der Waals surface area contributed by atoms with E-state index in [9.17, 15) is 18.0 Å². The molecule has 0 saturated carbocycles. The molecule has 1 aliphatic rings. The zero-order chi connectivity index (χ0) is 21.3. The number of alkyl halides is 3. The number of carbonyl (C=O) groups is 1. The molecule has 0 aromatic heterocycles. The average molecular weight is 409 g/mol. The van der Waals surface area contributed by atoms with Crippen LogP contribution in [0.2, 0.25) is 0 Å². The van der Waals surface area contributed by atoms with Gasteiger partial charge in [0, 0.05) is 24.3 Å². The first-order chi connectivity index (χ1) is 14.3. The summed E-state index contributed by atoms with van der Waals surface area (Å²) in [6.07, 6.45) is -4.52. The number of Topliss-reactive ketones (excluding diaryl/α,β-unsaturated/α-hetero) is 1. The summed E-state index contributed by atoms with van der Waals surface area (Å²) < 4.78 is 41.3. The number of fused-ring (bicyclic) bond motifs is 1. The molecule has 0 bridgehead atoms. The van der Waals surface area contributed by atoms with Gasteiger partial charge in [-0.05, 0) is 60.5 Å². The second-order valence-corrected chi connectivity index (χ2v) is 7.13. The van der Waals surface area contributed by atoms with Crippen LogP contribution in [0.1, 0.15) is 34.0 Å². The normalized spacial score (nSPS) is 13.7. The third-order valence-corrected chi connectivity index (χ3v) is 5.02. The molecule has 0 aliphatic carbocycles. The molecular weight excluding hydrogens is 391 g/mol. The molecule has 0 N–H and O–H groups in total. The van der Waals surface area contributed by atoms with Crippen molar-refractivity contribution >= 4 is 22.8 Å². The van der Waals surface area contributed by atoms with Crippen LogP contribution in [0.3, 0.4) is 0 Å². The summed E-state index contributed by atoms with van der Waals surface area (Å²) in [5.41, 5.74) is 2.55. The standard InChI is InChI=1S/C23H18F3N3O/c1-15(30)16-6-8-19(9-7-16)27-28-20-10-11-22(21(12-20)23(24,25)26)29-13-17-4-2-3-5-18(17)14-29/h2-12H,13-14H2,1H3. The Kier molecular flexibility index (Phi) is 5.11. The Balaban J connectivity index is 1.61. The van der Waals surface area contributed by atoms with Crippen molar-refractivity contribution in [3.63, 3.8) is 0 Å². The first-order valence-electron chi connectivity index (χ1n) is 9.37. The van der Waals surface area contributed by atoms with Crippen molar-refractivity contribution < 1.29 is 18.0 Å². The fourth-order valence-electron chi connectivity index (χ4n) is 3.47. The van der Waals surface area contributed by atoms with Gasteiger partial charge < -0.3 is 4.90 Å². The van der Waals surface area contributed by atoms with E-state index < -0.39 is 11.7 Å². The molecule has 4 nitrogen and oxygen atoms in total. The molecule has 0 unspecified atom stereocenters. The largest absolute Gasteiger partial charge is 0.418 e. The van der Waals surface area contributed by atoms with Crippen molar-refractivity contribution in [3.05, 3.63) is 89.0 Å². The zero-order valence-electron chi connectivity index (χ0n) is 16.1. The van der Waals surface area contributed by atoms with Crippen molar-refractivity contribution in [2.24, 2.45) is 10.2 Å². The Morgan fingerprint density at radius 3 is 2.00 bits per heavy atom. The highest BCUT2D eigenvalue weighted by Gasteiger charge is 2.36. The number of ketones is 1. The molecule has 0 radical (unpaired) electrons. The molecule has 4 rings (SSSR count). The summed E-state index contributed by atoms with van der Waals surface area (Å²) in [6.45, 7) is 2.32. The molecule has 0 fully saturated rings. The van der Waals surface area contributed by atoms with Gasteiger partial charge >= 0.3 is 6.18 Å². The molecule has 3 aromatic carbocycles. The van der Waals surface area contributed by atoms with Crippen LogP contribution < -0.4 is 4.90 Å². The fourth-order valence-corrected chi connectivity index (χ4v) is 3.47. The van der Waals surface area contributed by atoms with Gasteiger partial charge in [-0.1, -0.05) is 24.3 Å². The average Bonchev–Trinajstić information content (AvgIpc) is 3.16. The highest BCUT2D eigenvalue weighted by molar-refractivity contribution is 5.94. The van der Waals surface area contributed by atoms with Crippen LogP contribution in [0.5, 0.6) is 0 Å². The quantitative estimate of drug-likeness (QED) is 0.350. The smallest absolute Gasteiger partial charge is 0.362 e. The summed E-state index contributed by atoms with van der Waals surface area (Å²) in [6, 6.07) is 18.0. The summed E-state index contributed by atoms with van der Waals surface area (Å²) in [7, 11) is 0. The third kappa shape index (κ3) is 4.10. The molecular formula is C23H18F3N3O. The Labute approximate surface area is 171 Å². The molecule has 1 heterocycles. The first kappa shape index (κ1) is 19.8. The van der Waals surface area contributed by atoms with Crippen LogP contribution in [0.4, 0.5) is 30.2 Å². The van der Waals surface area contributed by atoms with E-state index in [0.717, 1.165) is 17.2 Å². The minimum atomic E-state index is -4.52. The Morgan fingerprint density at radius 1 is 0.867 bits per heavy atom. The summed E-state index contributed by atoms with van der Waals surface area (Å²) in [5, 5.41) is 7.95. The van der Waals surface area contributed by atoms with Gasteiger partial charge in [0.25, 0.3) is 0 Å². The summed E-state index contributed by atoms with van der Waals surface area (Å²) in [4.78, 5) is 13.0. The van der Waals surface area contributed by atoms with Crippen LogP contribution in [-0.2, 0) is 19.3 Å². The van der Waals surface area contributed by atoms with Crippen molar-refractivity contribution in [1.82, 2.24) is 0 Å². The van der Waals surface area contributed by atoms with Gasteiger partial charge in [0.1, 0.15) is 0 Å². The van der Waals surface area contributed by atoms with E-state index in [4.69, 9.17) is 0 Å². The Hall–Kier alpha value is -3.48. The van der Waals surface area contributed by atoms with E-state index in [2.05, 4.69) is 10.2 Å². The second-order valence-electron chi connectivity index (χ2n) is 7.13. The molecule has 1 aliphatic heterocycles. The minimum Gasteiger partial charge on any atom is -0.362 e. The van der Waals surface area contributed by atoms with Crippen LogP contribution in [0, 0.1) is 0 Å². The predicted molar refractivity (Wildman–Crippen MR) is 108 cm³/mol. The molecule has 7 heteroatoms. The number of halogens is 3. The molecule has 0 atom stereocenters. The molecule has 0 spiro atoms. The number of hydrogen-bond acceptors (Lipinski definition) is 4. The summed E-state index contributed by atoms with van der Waals surface area (Å²) in [5.74, 6) is -0.0760. The highest BCUT2D eigenvalue weighted by Crippen LogP contribution is 2.41. The van der Waals surface area contributed by atoms with E-state index in [-0.39, 0.29) is 17.2 Å². The molecule has 0 amide bonds. The fraction of sp³-hybridized carbons (Fsp3) is 0.174. The van der Waals surface area contributed by atoms with Crippen LogP contribution in [-0.4, -0.2) is 5.78 Å². The maximum Gasteiger partial charge on any atom is 0.418 e. The van der Waals surface area contributed by atoms with Crippen LogP contribution in [0.25, 0.3) is 0 Å². The topological polar surface area (TPSA) is 45.0 Å². The second kappa shape index (κ2) is 7.74. The van der Waals surface area contributed by atoms with Crippen molar-refractivity contribution in [2.45, 2.75) is 26.2 Å². The summed E-state index contributed by atoms with van der Waals surface area (Å²) >= 11 is 0. The first-order valence-corrected chi connectivity index (χ1v) is 9.37. The van der Waals surface area contributed by atoms with Crippen LogP contribution in [0.15, 0.2) is 77.0 Å². The number of hydrogen-bond donors (Lipinski definition) is 0. The lowest BCUT2D eigenvalue weighted by Crippen LogP contribution is -2.19. The van der Waals surface area contributed by atoms with Crippen LogP contribution >= 0.6 is 0 Å². The van der Waals surface area contributed by atoms with Gasteiger partial charge in [-0.2, -0.15) is 23.4 Å². The third-order valence-electron chi connectivity index (χ3n) is 5.02. The number of carbonyl (C=O) groups excluding carboxylic acids is 1. The number of azo groups is 1. The lowest BCUT2D eigenvalue weighted by Gasteiger charge is -2.23. The van der Waals surface area contributed by atoms with E-state index in [1.807, 2.05) is 24.3 Å². The highest BCUT2D eigenvalue weighted by atomic mass is 19.4. The number of rotatable bonds is 4. The van der Waals surface area contributed by atoms with Gasteiger partial charge in [0.15, 0.2) is 5.78 Å². The van der Waals surface area contributed by atoms with E-state index >= 15 is 0 Å². The maximum atomic E-state index is 13.8. The Morgan fingerprint density at radius 2 is 1.43 bits per heavy atom. The van der Waals surface area contributed by atoms with Crippen molar-refractivity contribution in [3.8, 4) is 0 Å². The van der Waals surface area contributed by atoms with Gasteiger partial charge in [0.05, 0.1) is 16.9 Å². The molecule has 0 saturated heterocycles. The lowest BCUT2D eigenvalue weighted by atomic mass is 10.1. The predicted octanol–water partition coefficient (Wildman–Crippen LogP) is 6.84. The molecule has 152 valence electrons. The Bertz CT molecular complexity index is 1100. The lowest BCUT2D eigenvalue weighted by molar-refractivity contribution is -0.137. The molecule has 30 heavy (non-hydrogen) atoms. The van der Waals surface area contributed by atoms with E-state index in [1.165, 1.54) is 19.1 Å². The number of benzene rings is 3. The maximum absolute atomic E-state index is 13.8. The van der Waals surface area contributed by atoms with E-state index in [0.29, 0.717) is 24.3 Å². The molecule has 3 aromatic rings. The van der Waals surface area contributed by atoms with E-state index in [1.54, 1.807) is 29.2 Å². The SMILES string of the molecule is CC(=O)c1ccc(N=Nc2ccc(N3Cc4ccccc4C3)c(C(F)(F)F)c2)cc1. The van der Waals surface area contributed by atoms with Crippen molar-refractivity contribution in [2.75, 3.05) is 4.90 Å². The number of nitrogens with zero attached hydrogens (tertiary/aromatic N) is 3. The monoisotopic (exact) mass is 409 g/mol. The van der Waals surface area contributed by atoms with Gasteiger partial charge in [-0.25, -0.2) is 0 Å². The van der Waals surface area contributed by atoms with Crippen molar-refractivity contribution in [1.29, 1.82) is 0 Å². The zero-order valence-corrected chi connectivity index (χ0v) is 16.1. The van der Waals surface area contributed by atoms with Gasteiger partial charge in [-0.15, -0.1) is 0 Å². The minimum absolute atomic E-state index is 0.0760. The number of anilines is 1.